The SMILES string of the molecule is COC(=O)c1cnc(Br)cc1Cl. The highest BCUT2D eigenvalue weighted by molar-refractivity contribution is 9.10. The van der Waals surface area contributed by atoms with Crippen molar-refractivity contribution in [2.24, 2.45) is 0 Å². The molecule has 1 aromatic heterocycles. The van der Waals surface area contributed by atoms with Gasteiger partial charge in [-0.15, -0.1) is 0 Å². The Balaban J connectivity index is 3.09. The Kier molecular flexibility index (Phi) is 3.05. The van der Waals surface area contributed by atoms with E-state index in [4.69, 9.17) is 11.6 Å². The van der Waals surface area contributed by atoms with Gasteiger partial charge < -0.3 is 4.74 Å². The Bertz CT molecular complexity index is 316. The molecule has 0 saturated heterocycles. The summed E-state index contributed by atoms with van der Waals surface area (Å²) in [5.74, 6) is -0.486. The van der Waals surface area contributed by atoms with Crippen LogP contribution in [0.15, 0.2) is 16.9 Å². The molecule has 0 aliphatic rings. The first-order valence-corrected chi connectivity index (χ1v) is 4.21. The Labute approximate surface area is 82.8 Å². The summed E-state index contributed by atoms with van der Waals surface area (Å²) in [6.07, 6.45) is 1.36. The van der Waals surface area contributed by atoms with Crippen LogP contribution in [0.3, 0.4) is 0 Å². The monoisotopic (exact) mass is 249 g/mol. The molecule has 0 bridgehead atoms. The van der Waals surface area contributed by atoms with E-state index in [2.05, 4.69) is 25.7 Å². The number of rotatable bonds is 1. The van der Waals surface area contributed by atoms with Crippen LogP contribution >= 0.6 is 27.5 Å². The number of carbonyl (C=O) groups excluding carboxylic acids is 1. The van der Waals surface area contributed by atoms with Gasteiger partial charge in [-0.2, -0.15) is 0 Å². The molecule has 0 amide bonds. The average Bonchev–Trinajstić information content (AvgIpc) is 2.03. The number of carbonyl (C=O) groups is 1. The first-order valence-electron chi connectivity index (χ1n) is 3.04. The number of pyridine rings is 1. The van der Waals surface area contributed by atoms with Crippen LogP contribution < -0.4 is 0 Å². The van der Waals surface area contributed by atoms with Crippen LogP contribution in [-0.4, -0.2) is 18.1 Å². The lowest BCUT2D eigenvalue weighted by Crippen LogP contribution is -2.02. The fourth-order valence-electron chi connectivity index (χ4n) is 0.668. The highest BCUT2D eigenvalue weighted by atomic mass is 79.9. The van der Waals surface area contributed by atoms with Crippen LogP contribution in [0.25, 0.3) is 0 Å². The van der Waals surface area contributed by atoms with E-state index in [9.17, 15) is 4.79 Å². The number of ether oxygens (including phenoxy) is 1. The van der Waals surface area contributed by atoms with E-state index in [1.54, 1.807) is 0 Å². The Morgan fingerprint density at radius 3 is 2.92 bits per heavy atom. The van der Waals surface area contributed by atoms with Crippen molar-refractivity contribution in [3.05, 3.63) is 27.5 Å². The van der Waals surface area contributed by atoms with Gasteiger partial charge in [0, 0.05) is 6.20 Å². The van der Waals surface area contributed by atoms with E-state index in [1.165, 1.54) is 19.4 Å². The van der Waals surface area contributed by atoms with Crippen molar-refractivity contribution in [1.29, 1.82) is 0 Å². The van der Waals surface area contributed by atoms with E-state index >= 15 is 0 Å². The zero-order valence-corrected chi connectivity index (χ0v) is 8.52. The van der Waals surface area contributed by atoms with Gasteiger partial charge in [0.15, 0.2) is 0 Å². The molecule has 0 radical (unpaired) electrons. The van der Waals surface area contributed by atoms with Gasteiger partial charge in [-0.05, 0) is 22.0 Å². The second kappa shape index (κ2) is 3.87. The third-order valence-corrected chi connectivity index (χ3v) is 1.97. The van der Waals surface area contributed by atoms with Gasteiger partial charge in [0.2, 0.25) is 0 Å². The highest BCUT2D eigenvalue weighted by Gasteiger charge is 2.10. The number of hydrogen-bond donors (Lipinski definition) is 0. The summed E-state index contributed by atoms with van der Waals surface area (Å²) >= 11 is 8.85. The molecule has 0 aliphatic carbocycles. The van der Waals surface area contributed by atoms with E-state index in [0.29, 0.717) is 9.63 Å². The molecule has 0 saturated carbocycles. The first kappa shape index (κ1) is 9.48. The smallest absolute Gasteiger partial charge is 0.340 e. The lowest BCUT2D eigenvalue weighted by Gasteiger charge is -2.00. The van der Waals surface area contributed by atoms with Crippen LogP contribution in [0.4, 0.5) is 0 Å². The highest BCUT2D eigenvalue weighted by Crippen LogP contribution is 2.19. The maximum absolute atomic E-state index is 11.0. The van der Waals surface area contributed by atoms with Crippen molar-refractivity contribution >= 4 is 33.5 Å². The summed E-state index contributed by atoms with van der Waals surface area (Å²) in [4.78, 5) is 14.8. The van der Waals surface area contributed by atoms with Crippen LogP contribution in [0.2, 0.25) is 5.02 Å². The largest absolute Gasteiger partial charge is 0.465 e. The number of aromatic nitrogens is 1. The molecule has 5 heteroatoms. The molecule has 0 fully saturated rings. The second-order valence-electron chi connectivity index (χ2n) is 1.98. The van der Waals surface area contributed by atoms with Crippen molar-refractivity contribution < 1.29 is 9.53 Å². The van der Waals surface area contributed by atoms with Gasteiger partial charge in [0.25, 0.3) is 0 Å². The number of halogens is 2. The standard InChI is InChI=1S/C7H5BrClNO2/c1-12-7(11)4-3-10-6(8)2-5(4)9/h2-3H,1H3. The summed E-state index contributed by atoms with van der Waals surface area (Å²) < 4.78 is 5.06. The minimum Gasteiger partial charge on any atom is -0.465 e. The van der Waals surface area contributed by atoms with Crippen LogP contribution in [0, 0.1) is 0 Å². The van der Waals surface area contributed by atoms with Crippen molar-refractivity contribution in [2.75, 3.05) is 7.11 Å². The molecule has 0 spiro atoms. The van der Waals surface area contributed by atoms with Gasteiger partial charge >= 0.3 is 5.97 Å². The minimum absolute atomic E-state index is 0.266. The molecular formula is C7H5BrClNO2. The van der Waals surface area contributed by atoms with Crippen molar-refractivity contribution in [1.82, 2.24) is 4.98 Å². The molecule has 0 aromatic carbocycles. The van der Waals surface area contributed by atoms with E-state index in [-0.39, 0.29) is 5.56 Å². The van der Waals surface area contributed by atoms with Crippen LogP contribution in [0.1, 0.15) is 10.4 Å². The number of nitrogens with zero attached hydrogens (tertiary/aromatic N) is 1. The quantitative estimate of drug-likeness (QED) is 0.567. The van der Waals surface area contributed by atoms with Crippen LogP contribution in [-0.2, 0) is 4.74 Å². The summed E-state index contributed by atoms with van der Waals surface area (Å²) in [6, 6.07) is 1.54. The minimum atomic E-state index is -0.486. The average molecular weight is 250 g/mol. The first-order chi connectivity index (χ1) is 5.65. The zero-order valence-electron chi connectivity index (χ0n) is 6.17. The normalized spacial score (nSPS) is 9.58. The zero-order chi connectivity index (χ0) is 9.14. The molecule has 3 nitrogen and oxygen atoms in total. The van der Waals surface area contributed by atoms with Gasteiger partial charge in [-0.3, -0.25) is 0 Å². The lowest BCUT2D eigenvalue weighted by molar-refractivity contribution is 0.0600. The third-order valence-electron chi connectivity index (χ3n) is 1.23. The Morgan fingerprint density at radius 1 is 1.75 bits per heavy atom. The molecular weight excluding hydrogens is 245 g/mol. The summed E-state index contributed by atoms with van der Waals surface area (Å²) in [5.41, 5.74) is 0.266. The molecule has 0 unspecified atom stereocenters. The van der Waals surface area contributed by atoms with Crippen molar-refractivity contribution in [3.8, 4) is 0 Å². The molecule has 1 rings (SSSR count). The summed E-state index contributed by atoms with van der Waals surface area (Å²) in [6.45, 7) is 0. The molecule has 1 heterocycles. The second-order valence-corrected chi connectivity index (χ2v) is 3.20. The van der Waals surface area contributed by atoms with Crippen LogP contribution in [0.5, 0.6) is 0 Å². The third kappa shape index (κ3) is 1.95. The lowest BCUT2D eigenvalue weighted by atomic mass is 10.3. The van der Waals surface area contributed by atoms with E-state index in [1.807, 2.05) is 0 Å². The van der Waals surface area contributed by atoms with Gasteiger partial charge in [-0.1, -0.05) is 11.6 Å². The molecule has 0 aliphatic heterocycles. The summed E-state index contributed by atoms with van der Waals surface area (Å²) in [5, 5.41) is 0.323. The summed E-state index contributed by atoms with van der Waals surface area (Å²) in [7, 11) is 1.29. The molecule has 64 valence electrons. The van der Waals surface area contributed by atoms with Gasteiger partial charge in [-0.25, -0.2) is 9.78 Å². The fraction of sp³-hybridized carbons (Fsp3) is 0.143. The van der Waals surface area contributed by atoms with Gasteiger partial charge in [0.1, 0.15) is 4.60 Å². The molecule has 12 heavy (non-hydrogen) atoms. The van der Waals surface area contributed by atoms with E-state index in [0.717, 1.165) is 0 Å². The van der Waals surface area contributed by atoms with E-state index < -0.39 is 5.97 Å². The van der Waals surface area contributed by atoms with Crippen molar-refractivity contribution in [2.45, 2.75) is 0 Å². The number of methoxy groups -OCH3 is 1. The predicted molar refractivity (Wildman–Crippen MR) is 48.3 cm³/mol. The molecule has 1 aromatic rings. The fourth-order valence-corrected chi connectivity index (χ4v) is 1.36. The number of hydrogen-bond acceptors (Lipinski definition) is 3. The molecule has 0 N–H and O–H groups in total. The topological polar surface area (TPSA) is 39.2 Å². The number of esters is 1. The maximum atomic E-state index is 11.0. The maximum Gasteiger partial charge on any atom is 0.340 e. The van der Waals surface area contributed by atoms with Crippen molar-refractivity contribution in [3.63, 3.8) is 0 Å². The predicted octanol–water partition coefficient (Wildman–Crippen LogP) is 2.28. The van der Waals surface area contributed by atoms with Gasteiger partial charge in [0.05, 0.1) is 17.7 Å². The Hall–Kier alpha value is -0.610. The molecule has 0 atom stereocenters. The Morgan fingerprint density at radius 2 is 2.42 bits per heavy atom.